The molecule has 0 aliphatic carbocycles. The molecule has 2 aliphatic rings. The third-order valence-electron chi connectivity index (χ3n) is 4.80. The summed E-state index contributed by atoms with van der Waals surface area (Å²) in [5.74, 6) is -1.43. The molecule has 0 radical (unpaired) electrons. The molecule has 2 aliphatic heterocycles. The number of rotatable bonds is 4. The van der Waals surface area contributed by atoms with E-state index in [2.05, 4.69) is 4.90 Å². The predicted octanol–water partition coefficient (Wildman–Crippen LogP) is 1.43. The van der Waals surface area contributed by atoms with Crippen molar-refractivity contribution in [1.82, 2.24) is 9.80 Å². The molecule has 0 saturated carbocycles. The summed E-state index contributed by atoms with van der Waals surface area (Å²) in [7, 11) is 0. The van der Waals surface area contributed by atoms with Crippen molar-refractivity contribution in [3.8, 4) is 0 Å². The smallest absolute Gasteiger partial charge is 0.410 e. The maximum atomic E-state index is 12.4. The number of carboxylic acid groups (broad SMARTS) is 1. The zero-order valence-electron chi connectivity index (χ0n) is 14.2. The monoisotopic (exact) mass is 348 g/mol. The normalized spacial score (nSPS) is 24.7. The van der Waals surface area contributed by atoms with Crippen molar-refractivity contribution in [2.45, 2.75) is 19.1 Å². The highest BCUT2D eigenvalue weighted by molar-refractivity contribution is 5.73. The second kappa shape index (κ2) is 8.31. The van der Waals surface area contributed by atoms with Gasteiger partial charge >= 0.3 is 12.1 Å². The van der Waals surface area contributed by atoms with Crippen molar-refractivity contribution < 1.29 is 24.2 Å². The van der Waals surface area contributed by atoms with Crippen LogP contribution < -0.4 is 0 Å². The first-order valence-corrected chi connectivity index (χ1v) is 8.63. The Balaban J connectivity index is 1.61. The molecule has 2 heterocycles. The molecule has 0 spiro atoms. The minimum atomic E-state index is -0.862. The van der Waals surface area contributed by atoms with Crippen LogP contribution in [0.3, 0.4) is 0 Å². The van der Waals surface area contributed by atoms with Gasteiger partial charge in [-0.15, -0.1) is 0 Å². The summed E-state index contributed by atoms with van der Waals surface area (Å²) in [6, 6.07) is 9.49. The SMILES string of the molecule is O=C(O)C1CC(N2CCOCC2)CN(C(=O)OCc2ccccc2)C1. The Morgan fingerprint density at radius 2 is 1.88 bits per heavy atom. The van der Waals surface area contributed by atoms with E-state index in [0.29, 0.717) is 26.2 Å². The molecule has 2 saturated heterocycles. The zero-order chi connectivity index (χ0) is 17.6. The van der Waals surface area contributed by atoms with Gasteiger partial charge in [0, 0.05) is 32.2 Å². The number of benzene rings is 1. The predicted molar refractivity (Wildman–Crippen MR) is 90.1 cm³/mol. The molecule has 1 aromatic carbocycles. The van der Waals surface area contributed by atoms with Crippen LogP contribution in [0.5, 0.6) is 0 Å². The number of hydrogen-bond donors (Lipinski definition) is 1. The number of ether oxygens (including phenoxy) is 2. The first-order valence-electron chi connectivity index (χ1n) is 8.63. The van der Waals surface area contributed by atoms with Crippen LogP contribution in [0, 0.1) is 5.92 Å². The van der Waals surface area contributed by atoms with E-state index in [4.69, 9.17) is 9.47 Å². The molecule has 2 unspecified atom stereocenters. The van der Waals surface area contributed by atoms with Gasteiger partial charge in [-0.3, -0.25) is 9.69 Å². The van der Waals surface area contributed by atoms with Gasteiger partial charge in [0.2, 0.25) is 0 Å². The van der Waals surface area contributed by atoms with E-state index in [1.165, 1.54) is 4.90 Å². The van der Waals surface area contributed by atoms with Crippen molar-refractivity contribution in [2.24, 2.45) is 5.92 Å². The number of nitrogens with zero attached hydrogens (tertiary/aromatic N) is 2. The summed E-state index contributed by atoms with van der Waals surface area (Å²) >= 11 is 0. The molecule has 3 rings (SSSR count). The number of carbonyl (C=O) groups excluding carboxylic acids is 1. The average molecular weight is 348 g/mol. The number of amides is 1. The van der Waals surface area contributed by atoms with Gasteiger partial charge in [-0.05, 0) is 12.0 Å². The Bertz CT molecular complexity index is 588. The number of likely N-dealkylation sites (tertiary alicyclic amines) is 1. The van der Waals surface area contributed by atoms with E-state index in [0.717, 1.165) is 18.7 Å². The van der Waals surface area contributed by atoms with Crippen molar-refractivity contribution in [3.63, 3.8) is 0 Å². The first-order chi connectivity index (χ1) is 12.1. The second-order valence-electron chi connectivity index (χ2n) is 6.52. The fourth-order valence-corrected chi connectivity index (χ4v) is 3.42. The van der Waals surface area contributed by atoms with Crippen LogP contribution in [0.25, 0.3) is 0 Å². The molecule has 0 bridgehead atoms. The maximum absolute atomic E-state index is 12.4. The highest BCUT2D eigenvalue weighted by Crippen LogP contribution is 2.23. The highest BCUT2D eigenvalue weighted by atomic mass is 16.6. The number of morpholine rings is 1. The molecule has 7 nitrogen and oxygen atoms in total. The van der Waals surface area contributed by atoms with Gasteiger partial charge in [0.05, 0.1) is 19.1 Å². The van der Waals surface area contributed by atoms with Crippen molar-refractivity contribution in [1.29, 1.82) is 0 Å². The molecule has 1 N–H and O–H groups in total. The van der Waals surface area contributed by atoms with E-state index in [1.54, 1.807) is 0 Å². The molecule has 1 amide bonds. The lowest BCUT2D eigenvalue weighted by atomic mass is 9.93. The Hall–Kier alpha value is -2.12. The number of carbonyl (C=O) groups is 2. The van der Waals surface area contributed by atoms with Gasteiger partial charge < -0.3 is 19.5 Å². The lowest BCUT2D eigenvalue weighted by Gasteiger charge is -2.42. The van der Waals surface area contributed by atoms with Crippen molar-refractivity contribution in [2.75, 3.05) is 39.4 Å². The molecule has 1 aromatic rings. The number of hydrogen-bond acceptors (Lipinski definition) is 5. The topological polar surface area (TPSA) is 79.3 Å². The van der Waals surface area contributed by atoms with E-state index >= 15 is 0 Å². The molecule has 7 heteroatoms. The van der Waals surface area contributed by atoms with Gasteiger partial charge in [0.1, 0.15) is 6.61 Å². The summed E-state index contributed by atoms with van der Waals surface area (Å²) in [6.45, 7) is 3.71. The van der Waals surface area contributed by atoms with E-state index in [1.807, 2.05) is 30.3 Å². The molecule has 2 fully saturated rings. The minimum Gasteiger partial charge on any atom is -0.481 e. The van der Waals surface area contributed by atoms with Gasteiger partial charge in [-0.2, -0.15) is 0 Å². The summed E-state index contributed by atoms with van der Waals surface area (Å²) in [5, 5.41) is 9.44. The number of carboxylic acids is 1. The summed E-state index contributed by atoms with van der Waals surface area (Å²) in [4.78, 5) is 27.7. The largest absolute Gasteiger partial charge is 0.481 e. The Morgan fingerprint density at radius 1 is 1.16 bits per heavy atom. The lowest BCUT2D eigenvalue weighted by Crippen LogP contribution is -2.56. The van der Waals surface area contributed by atoms with E-state index < -0.39 is 18.0 Å². The van der Waals surface area contributed by atoms with Crippen LogP contribution in [0.2, 0.25) is 0 Å². The van der Waals surface area contributed by atoms with Crippen molar-refractivity contribution in [3.05, 3.63) is 35.9 Å². The van der Waals surface area contributed by atoms with Crippen LogP contribution in [0.15, 0.2) is 30.3 Å². The van der Waals surface area contributed by atoms with Gasteiger partial charge in [0.15, 0.2) is 0 Å². The lowest BCUT2D eigenvalue weighted by molar-refractivity contribution is -0.144. The summed E-state index contributed by atoms with van der Waals surface area (Å²) in [5.41, 5.74) is 0.910. The van der Waals surface area contributed by atoms with Gasteiger partial charge in [0.25, 0.3) is 0 Å². The van der Waals surface area contributed by atoms with Crippen LogP contribution in [-0.4, -0.2) is 72.4 Å². The fraction of sp³-hybridized carbons (Fsp3) is 0.556. The van der Waals surface area contributed by atoms with Crippen LogP contribution in [-0.2, 0) is 20.9 Å². The maximum Gasteiger partial charge on any atom is 0.410 e. The quantitative estimate of drug-likeness (QED) is 0.887. The molecule has 25 heavy (non-hydrogen) atoms. The Kier molecular flexibility index (Phi) is 5.88. The molecule has 0 aromatic heterocycles. The zero-order valence-corrected chi connectivity index (χ0v) is 14.2. The average Bonchev–Trinajstić information content (AvgIpc) is 2.67. The summed E-state index contributed by atoms with van der Waals surface area (Å²) in [6.07, 6.45) is 0.103. The first kappa shape index (κ1) is 17.7. The third kappa shape index (κ3) is 4.70. The Morgan fingerprint density at radius 3 is 2.56 bits per heavy atom. The number of aliphatic carboxylic acids is 1. The molecular weight excluding hydrogens is 324 g/mol. The van der Waals surface area contributed by atoms with E-state index in [-0.39, 0.29) is 19.2 Å². The molecular formula is C18H24N2O5. The van der Waals surface area contributed by atoms with E-state index in [9.17, 15) is 14.7 Å². The van der Waals surface area contributed by atoms with Crippen LogP contribution in [0.1, 0.15) is 12.0 Å². The summed E-state index contributed by atoms with van der Waals surface area (Å²) < 4.78 is 10.7. The Labute approximate surface area is 147 Å². The van der Waals surface area contributed by atoms with Crippen molar-refractivity contribution >= 4 is 12.1 Å². The van der Waals surface area contributed by atoms with Crippen LogP contribution in [0.4, 0.5) is 4.79 Å². The van der Waals surface area contributed by atoms with Gasteiger partial charge in [-0.1, -0.05) is 30.3 Å². The fourth-order valence-electron chi connectivity index (χ4n) is 3.42. The molecule has 136 valence electrons. The minimum absolute atomic E-state index is 0.0306. The molecule has 2 atom stereocenters. The number of piperidine rings is 1. The second-order valence-corrected chi connectivity index (χ2v) is 6.52. The van der Waals surface area contributed by atoms with Gasteiger partial charge in [-0.25, -0.2) is 4.79 Å². The highest BCUT2D eigenvalue weighted by Gasteiger charge is 2.37. The van der Waals surface area contributed by atoms with Crippen LogP contribution >= 0.6 is 0 Å². The third-order valence-corrected chi connectivity index (χ3v) is 4.80. The standard InChI is InChI=1S/C18H24N2O5/c21-17(22)15-10-16(19-6-8-24-9-7-19)12-20(11-15)18(23)25-13-14-4-2-1-3-5-14/h1-5,15-16H,6-13H2,(H,21,22).